The Balaban J connectivity index is 2.72. The molecule has 3 nitrogen and oxygen atoms in total. The molecule has 0 heterocycles. The van der Waals surface area contributed by atoms with Gasteiger partial charge in [-0.05, 0) is 40.8 Å². The molecule has 1 aromatic carbocycles. The van der Waals surface area contributed by atoms with Crippen molar-refractivity contribution in [2.24, 2.45) is 5.73 Å². The van der Waals surface area contributed by atoms with Gasteiger partial charge in [0.1, 0.15) is 0 Å². The van der Waals surface area contributed by atoms with E-state index in [0.29, 0.717) is 5.02 Å². The van der Waals surface area contributed by atoms with E-state index in [9.17, 15) is 4.79 Å². The smallest absolute Gasteiger partial charge is 0.236 e. The van der Waals surface area contributed by atoms with Gasteiger partial charge in [-0.25, -0.2) is 0 Å². The van der Waals surface area contributed by atoms with Crippen LogP contribution in [0.5, 0.6) is 0 Å². The van der Waals surface area contributed by atoms with Crippen LogP contribution in [0.15, 0.2) is 18.2 Å². The number of carbonyl (C=O) groups excluding carboxylic acids is 1. The molecule has 1 aromatic rings. The number of primary amides is 1. The molecular weight excluding hydrogens is 302 g/mol. The minimum atomic E-state index is -0.384. The van der Waals surface area contributed by atoms with Gasteiger partial charge in [0.25, 0.3) is 0 Å². The van der Waals surface area contributed by atoms with Gasteiger partial charge in [-0.3, -0.25) is 4.79 Å². The molecule has 5 heteroatoms. The van der Waals surface area contributed by atoms with Crippen LogP contribution in [0.25, 0.3) is 0 Å². The van der Waals surface area contributed by atoms with Crippen LogP contribution in [0, 0.1) is 3.57 Å². The fourth-order valence-electron chi connectivity index (χ4n) is 0.815. The van der Waals surface area contributed by atoms with Gasteiger partial charge >= 0.3 is 0 Å². The van der Waals surface area contributed by atoms with Gasteiger partial charge in [0.15, 0.2) is 0 Å². The van der Waals surface area contributed by atoms with E-state index in [0.717, 1.165) is 9.26 Å². The van der Waals surface area contributed by atoms with Gasteiger partial charge < -0.3 is 11.1 Å². The zero-order valence-corrected chi connectivity index (χ0v) is 9.59. The van der Waals surface area contributed by atoms with Crippen LogP contribution in [0.1, 0.15) is 0 Å². The molecule has 0 saturated heterocycles. The van der Waals surface area contributed by atoms with E-state index in [1.807, 2.05) is 12.1 Å². The number of hydrogen-bond acceptors (Lipinski definition) is 2. The van der Waals surface area contributed by atoms with Crippen LogP contribution >= 0.6 is 34.2 Å². The van der Waals surface area contributed by atoms with Crippen molar-refractivity contribution >= 4 is 45.8 Å². The molecule has 70 valence electrons. The molecule has 1 rings (SSSR count). The molecule has 0 radical (unpaired) electrons. The Kier molecular flexibility index (Phi) is 3.80. The van der Waals surface area contributed by atoms with Gasteiger partial charge in [0.2, 0.25) is 5.91 Å². The van der Waals surface area contributed by atoms with E-state index in [4.69, 9.17) is 17.3 Å². The molecule has 0 aromatic heterocycles. The predicted molar refractivity (Wildman–Crippen MR) is 61.9 cm³/mol. The van der Waals surface area contributed by atoms with E-state index in [1.165, 1.54) is 0 Å². The number of benzene rings is 1. The van der Waals surface area contributed by atoms with E-state index >= 15 is 0 Å². The number of anilines is 1. The third kappa shape index (κ3) is 3.40. The minimum absolute atomic E-state index is 0.137. The molecule has 0 aliphatic carbocycles. The highest BCUT2D eigenvalue weighted by Gasteiger charge is 2.00. The minimum Gasteiger partial charge on any atom is -0.375 e. The Morgan fingerprint density at radius 3 is 2.85 bits per heavy atom. The van der Waals surface area contributed by atoms with Gasteiger partial charge in [0, 0.05) is 14.3 Å². The van der Waals surface area contributed by atoms with Gasteiger partial charge in [-0.1, -0.05) is 11.6 Å². The molecule has 0 fully saturated rings. The summed E-state index contributed by atoms with van der Waals surface area (Å²) in [6.07, 6.45) is 0. The number of halogens is 2. The first-order chi connectivity index (χ1) is 6.09. The first-order valence-corrected chi connectivity index (χ1v) is 5.02. The number of nitrogens with two attached hydrogens (primary N) is 1. The van der Waals surface area contributed by atoms with Crippen LogP contribution in [0.3, 0.4) is 0 Å². The van der Waals surface area contributed by atoms with E-state index < -0.39 is 0 Å². The molecule has 0 aliphatic heterocycles. The van der Waals surface area contributed by atoms with Crippen molar-refractivity contribution in [1.82, 2.24) is 0 Å². The first-order valence-electron chi connectivity index (χ1n) is 3.57. The average Bonchev–Trinajstić information content (AvgIpc) is 2.02. The summed E-state index contributed by atoms with van der Waals surface area (Å²) in [5.41, 5.74) is 5.85. The van der Waals surface area contributed by atoms with Crippen LogP contribution in [0.2, 0.25) is 5.02 Å². The molecule has 13 heavy (non-hydrogen) atoms. The van der Waals surface area contributed by atoms with Gasteiger partial charge in [0.05, 0.1) is 6.54 Å². The average molecular weight is 311 g/mol. The molecule has 0 atom stereocenters. The summed E-state index contributed by atoms with van der Waals surface area (Å²) >= 11 is 7.89. The SMILES string of the molecule is NC(=O)CNc1ccc(Cl)cc1I. The lowest BCUT2D eigenvalue weighted by Crippen LogP contribution is -2.22. The standard InChI is InChI=1S/C8H8ClIN2O/c9-5-1-2-7(6(10)3-5)12-4-8(11)13/h1-3,12H,4H2,(H2,11,13). The second-order valence-electron chi connectivity index (χ2n) is 2.44. The largest absolute Gasteiger partial charge is 0.375 e. The topological polar surface area (TPSA) is 55.1 Å². The lowest BCUT2D eigenvalue weighted by atomic mass is 10.3. The summed E-state index contributed by atoms with van der Waals surface area (Å²) in [5, 5.41) is 3.57. The number of rotatable bonds is 3. The molecule has 3 N–H and O–H groups in total. The van der Waals surface area contributed by atoms with Crippen molar-refractivity contribution in [2.45, 2.75) is 0 Å². The van der Waals surface area contributed by atoms with Crippen molar-refractivity contribution in [3.63, 3.8) is 0 Å². The maximum atomic E-state index is 10.5. The fraction of sp³-hybridized carbons (Fsp3) is 0.125. The molecular formula is C8H8ClIN2O. The summed E-state index contributed by atoms with van der Waals surface area (Å²) in [5.74, 6) is -0.384. The molecule has 1 amide bonds. The number of hydrogen-bond donors (Lipinski definition) is 2. The third-order valence-electron chi connectivity index (χ3n) is 1.38. The number of carbonyl (C=O) groups is 1. The Bertz CT molecular complexity index is 330. The second-order valence-corrected chi connectivity index (χ2v) is 4.04. The van der Waals surface area contributed by atoms with Crippen molar-refractivity contribution in [3.05, 3.63) is 26.8 Å². The van der Waals surface area contributed by atoms with E-state index in [-0.39, 0.29) is 12.5 Å². The zero-order chi connectivity index (χ0) is 9.84. The third-order valence-corrected chi connectivity index (χ3v) is 2.51. The summed E-state index contributed by atoms with van der Waals surface area (Å²) in [7, 11) is 0. The molecule has 0 unspecified atom stereocenters. The Labute approximate surface area is 94.8 Å². The zero-order valence-electron chi connectivity index (χ0n) is 6.68. The Morgan fingerprint density at radius 2 is 2.31 bits per heavy atom. The highest BCUT2D eigenvalue weighted by atomic mass is 127. The highest BCUT2D eigenvalue weighted by Crippen LogP contribution is 2.21. The van der Waals surface area contributed by atoms with E-state index in [1.54, 1.807) is 6.07 Å². The van der Waals surface area contributed by atoms with Crippen LogP contribution < -0.4 is 11.1 Å². The maximum absolute atomic E-state index is 10.5. The second kappa shape index (κ2) is 4.66. The summed E-state index contributed by atoms with van der Waals surface area (Å²) in [4.78, 5) is 10.5. The molecule has 0 saturated carbocycles. The Hall–Kier alpha value is -0.490. The first kappa shape index (κ1) is 10.6. The van der Waals surface area contributed by atoms with Crippen molar-refractivity contribution in [2.75, 3.05) is 11.9 Å². The molecule has 0 bridgehead atoms. The summed E-state index contributed by atoms with van der Waals surface area (Å²) in [6.45, 7) is 0.137. The highest BCUT2D eigenvalue weighted by molar-refractivity contribution is 14.1. The van der Waals surface area contributed by atoms with Crippen LogP contribution in [0.4, 0.5) is 5.69 Å². The molecule has 0 spiro atoms. The summed E-state index contributed by atoms with van der Waals surface area (Å²) in [6, 6.07) is 5.38. The monoisotopic (exact) mass is 310 g/mol. The van der Waals surface area contributed by atoms with Crippen molar-refractivity contribution in [1.29, 1.82) is 0 Å². The maximum Gasteiger partial charge on any atom is 0.236 e. The Morgan fingerprint density at radius 1 is 1.62 bits per heavy atom. The van der Waals surface area contributed by atoms with Crippen molar-refractivity contribution in [3.8, 4) is 0 Å². The van der Waals surface area contributed by atoms with Gasteiger partial charge in [-0.15, -0.1) is 0 Å². The number of nitrogens with one attached hydrogen (secondary N) is 1. The van der Waals surface area contributed by atoms with E-state index in [2.05, 4.69) is 27.9 Å². The number of amides is 1. The fourth-order valence-corrected chi connectivity index (χ4v) is 1.88. The van der Waals surface area contributed by atoms with Crippen molar-refractivity contribution < 1.29 is 4.79 Å². The predicted octanol–water partition coefficient (Wildman–Crippen LogP) is 1.84. The normalized spacial score (nSPS) is 9.69. The van der Waals surface area contributed by atoms with Crippen LogP contribution in [-0.2, 0) is 4.79 Å². The lowest BCUT2D eigenvalue weighted by Gasteiger charge is -2.06. The lowest BCUT2D eigenvalue weighted by molar-refractivity contribution is -0.116. The quantitative estimate of drug-likeness (QED) is 0.837. The molecule has 0 aliphatic rings. The van der Waals surface area contributed by atoms with Gasteiger partial charge in [-0.2, -0.15) is 0 Å². The van der Waals surface area contributed by atoms with Crippen LogP contribution in [-0.4, -0.2) is 12.5 Å². The summed E-state index contributed by atoms with van der Waals surface area (Å²) < 4.78 is 0.964.